The molecule has 3 heterocycles. The summed E-state index contributed by atoms with van der Waals surface area (Å²) in [6.07, 6.45) is -10.9. The van der Waals surface area contributed by atoms with Crippen molar-refractivity contribution in [2.45, 2.75) is 43.0 Å². The number of aliphatic hydroxyl groups is 1. The zero-order chi connectivity index (χ0) is 44.5. The third kappa shape index (κ3) is 6.77. The van der Waals surface area contributed by atoms with E-state index in [1.807, 2.05) is 0 Å². The highest BCUT2D eigenvalue weighted by atomic mass is 16.6. The first kappa shape index (κ1) is 40.7. The Morgan fingerprint density at radius 1 is 0.613 bits per heavy atom. The van der Waals surface area contributed by atoms with Gasteiger partial charge in [-0.05, 0) is 47.5 Å². The van der Waals surface area contributed by atoms with Gasteiger partial charge in [-0.25, -0.2) is 14.4 Å². The van der Waals surface area contributed by atoms with Crippen LogP contribution in [0.25, 0.3) is 11.1 Å². The van der Waals surface area contributed by atoms with Crippen LogP contribution < -0.4 is 4.74 Å². The lowest BCUT2D eigenvalue weighted by Gasteiger charge is -2.43. The summed E-state index contributed by atoms with van der Waals surface area (Å²) in [5.74, 6) is -16.1. The van der Waals surface area contributed by atoms with E-state index in [4.69, 9.17) is 23.7 Å². The molecule has 0 radical (unpaired) electrons. The van der Waals surface area contributed by atoms with Crippen LogP contribution in [0, 0.1) is 0 Å². The Labute approximate surface area is 346 Å². The summed E-state index contributed by atoms with van der Waals surface area (Å²) in [5.41, 5.74) is -3.96. The van der Waals surface area contributed by atoms with Gasteiger partial charge in [0.15, 0.2) is 58.2 Å². The van der Waals surface area contributed by atoms with E-state index >= 15 is 0 Å². The van der Waals surface area contributed by atoms with Gasteiger partial charge in [0, 0.05) is 11.1 Å². The van der Waals surface area contributed by atoms with E-state index in [0.29, 0.717) is 29.8 Å². The number of phenols is 10. The molecule has 0 amide bonds. The second kappa shape index (κ2) is 15.2. The number of aromatic hydroxyl groups is 10. The molecule has 0 aliphatic carbocycles. The third-order valence-electron chi connectivity index (χ3n) is 10.5. The molecule has 62 heavy (non-hydrogen) atoms. The minimum atomic E-state index is -2.15. The number of fused-ring (bicyclic) bond motifs is 5. The Morgan fingerprint density at radius 3 is 1.81 bits per heavy atom. The fraction of sp³-hybridized carbons (Fsp3) is 0.190. The van der Waals surface area contributed by atoms with Gasteiger partial charge in [0.1, 0.15) is 48.1 Å². The minimum Gasteiger partial charge on any atom is -0.507 e. The number of hydrogen-bond acceptors (Lipinski definition) is 20. The van der Waals surface area contributed by atoms with E-state index in [1.54, 1.807) is 30.3 Å². The molecule has 3 aliphatic heterocycles. The van der Waals surface area contributed by atoms with Crippen molar-refractivity contribution in [3.05, 3.63) is 100 Å². The lowest BCUT2D eigenvalue weighted by Crippen LogP contribution is -2.58. The number of cyclic esters (lactones) is 1. The monoisotopic (exact) mass is 856 g/mol. The van der Waals surface area contributed by atoms with Crippen LogP contribution in [0.15, 0.2) is 66.7 Å². The Balaban J connectivity index is 1.27. The normalized spacial score (nSPS) is 22.0. The van der Waals surface area contributed by atoms with Crippen LogP contribution >= 0.6 is 0 Å². The number of hydrogen-bond donors (Lipinski definition) is 11. The molecule has 1 saturated heterocycles. The highest BCUT2D eigenvalue weighted by molar-refractivity contribution is 6.08. The number of ketones is 1. The first-order valence-corrected chi connectivity index (χ1v) is 18.3. The average molecular weight is 857 g/mol. The van der Waals surface area contributed by atoms with Crippen molar-refractivity contribution in [1.29, 1.82) is 0 Å². The van der Waals surface area contributed by atoms with E-state index in [1.165, 1.54) is 6.07 Å². The molecule has 5 aromatic rings. The Hall–Kier alpha value is -8.10. The Bertz CT molecular complexity index is 2690. The summed E-state index contributed by atoms with van der Waals surface area (Å²) in [5, 5.41) is 117. The van der Waals surface area contributed by atoms with Gasteiger partial charge in [0.05, 0.1) is 23.1 Å². The number of Topliss-reactive ketones (excluding diaryl/α,β-unsaturated/α-hetero) is 1. The maximum atomic E-state index is 14.2. The largest absolute Gasteiger partial charge is 0.507 e. The molecule has 1 fully saturated rings. The van der Waals surface area contributed by atoms with Gasteiger partial charge in [0.2, 0.25) is 11.5 Å². The van der Waals surface area contributed by atoms with Crippen LogP contribution in [0.3, 0.4) is 0 Å². The fourth-order valence-corrected chi connectivity index (χ4v) is 7.55. The standard InChI is InChI=1S/C42H32O20/c43-19-6-15(9-26-30(19)20(44)12-25(59-26)14-4-2-1-3-5-14)37-36(54)39(62-40(55)16-7-21(45)31(49)22(46)8-16)38-27(60-37)13-58-41(56)17-10-23(47)32(50)34(52)28(17)29-18(42(57)61-38)11-24(48)33(51)35(29)53/h1-11,25,27,36-39,43,45-54H,12-13H2/t25?,27-,36+,37+,38-,39-/m1/s1. The molecule has 320 valence electrons. The van der Waals surface area contributed by atoms with Gasteiger partial charge in [-0.3, -0.25) is 4.79 Å². The first-order chi connectivity index (χ1) is 29.4. The van der Waals surface area contributed by atoms with Crippen molar-refractivity contribution in [3.63, 3.8) is 0 Å². The van der Waals surface area contributed by atoms with E-state index in [2.05, 4.69) is 0 Å². The van der Waals surface area contributed by atoms with Crippen LogP contribution in [-0.4, -0.2) is 111 Å². The number of phenolic OH excluding ortho intramolecular Hbond substituents is 10. The van der Waals surface area contributed by atoms with Crippen molar-refractivity contribution in [2.75, 3.05) is 6.61 Å². The summed E-state index contributed by atoms with van der Waals surface area (Å²) < 4.78 is 29.2. The van der Waals surface area contributed by atoms with E-state index in [0.717, 1.165) is 6.07 Å². The first-order valence-electron chi connectivity index (χ1n) is 18.3. The molecule has 5 aromatic carbocycles. The second-order valence-electron chi connectivity index (χ2n) is 14.4. The highest BCUT2D eigenvalue weighted by Gasteiger charge is 2.52. The molecule has 0 aromatic heterocycles. The lowest BCUT2D eigenvalue weighted by molar-refractivity contribution is -0.231. The smallest absolute Gasteiger partial charge is 0.339 e. The Morgan fingerprint density at radius 2 is 1.19 bits per heavy atom. The fourth-order valence-electron chi connectivity index (χ4n) is 7.55. The van der Waals surface area contributed by atoms with Gasteiger partial charge in [0.25, 0.3) is 0 Å². The maximum absolute atomic E-state index is 14.2. The molecule has 1 unspecified atom stereocenters. The molecule has 0 spiro atoms. The van der Waals surface area contributed by atoms with Gasteiger partial charge in [-0.2, -0.15) is 0 Å². The van der Waals surface area contributed by atoms with E-state index < -0.39 is 152 Å². The van der Waals surface area contributed by atoms with Crippen LogP contribution in [0.4, 0.5) is 0 Å². The Kier molecular flexibility index (Phi) is 9.95. The number of benzene rings is 5. The highest BCUT2D eigenvalue weighted by Crippen LogP contribution is 2.53. The van der Waals surface area contributed by atoms with Gasteiger partial charge < -0.3 is 79.9 Å². The predicted molar refractivity (Wildman–Crippen MR) is 202 cm³/mol. The third-order valence-corrected chi connectivity index (χ3v) is 10.5. The molecular weight excluding hydrogens is 824 g/mol. The SMILES string of the molecule is O=C(O[C@@H]1[C@@H](O)[C@H](c2cc(O)c3c(c2)OC(c2ccccc2)CC3=O)O[C@@H]2COC(=O)c3cc(O)c(O)c(O)c3-c3c(cc(O)c(O)c3O)C(=O)O[C@@H]12)c1cc(O)c(O)c(O)c1. The zero-order valence-corrected chi connectivity index (χ0v) is 31.3. The lowest BCUT2D eigenvalue weighted by atomic mass is 9.88. The molecular formula is C42H32O20. The molecule has 20 heteroatoms. The van der Waals surface area contributed by atoms with E-state index in [-0.39, 0.29) is 23.3 Å². The summed E-state index contributed by atoms with van der Waals surface area (Å²) in [6, 6.07) is 13.4. The van der Waals surface area contributed by atoms with Crippen molar-refractivity contribution in [2.24, 2.45) is 0 Å². The van der Waals surface area contributed by atoms with Crippen LogP contribution in [-0.2, 0) is 18.9 Å². The molecule has 3 aliphatic rings. The van der Waals surface area contributed by atoms with Crippen LogP contribution in [0.1, 0.15) is 71.2 Å². The second-order valence-corrected chi connectivity index (χ2v) is 14.4. The van der Waals surface area contributed by atoms with Crippen LogP contribution in [0.5, 0.6) is 63.2 Å². The summed E-state index contributed by atoms with van der Waals surface area (Å²) >= 11 is 0. The van der Waals surface area contributed by atoms with Crippen molar-refractivity contribution in [1.82, 2.24) is 0 Å². The quantitative estimate of drug-likeness (QED) is 0.0699. The molecule has 8 rings (SSSR count). The number of rotatable bonds is 4. The number of carbonyl (C=O) groups excluding carboxylic acids is 4. The van der Waals surface area contributed by atoms with Crippen LogP contribution in [0.2, 0.25) is 0 Å². The number of esters is 3. The van der Waals surface area contributed by atoms with Crippen molar-refractivity contribution in [3.8, 4) is 74.4 Å². The minimum absolute atomic E-state index is 0.131. The van der Waals surface area contributed by atoms with Gasteiger partial charge in [-0.15, -0.1) is 0 Å². The van der Waals surface area contributed by atoms with Gasteiger partial charge >= 0.3 is 17.9 Å². The maximum Gasteiger partial charge on any atom is 0.339 e. The number of aliphatic hydroxyl groups excluding tert-OH is 1. The topological polar surface area (TPSA) is 337 Å². The zero-order valence-electron chi connectivity index (χ0n) is 31.3. The van der Waals surface area contributed by atoms with Gasteiger partial charge in [-0.1, -0.05) is 30.3 Å². The summed E-state index contributed by atoms with van der Waals surface area (Å²) in [6.45, 7) is -0.989. The number of ether oxygens (including phenoxy) is 5. The average Bonchev–Trinajstić information content (AvgIpc) is 3.25. The molecule has 20 nitrogen and oxygen atoms in total. The summed E-state index contributed by atoms with van der Waals surface area (Å²) in [7, 11) is 0. The molecule has 11 N–H and O–H groups in total. The summed E-state index contributed by atoms with van der Waals surface area (Å²) in [4.78, 5) is 55.1. The molecule has 6 atom stereocenters. The predicted octanol–water partition coefficient (Wildman–Crippen LogP) is 3.54. The molecule has 0 saturated carbocycles. The number of carbonyl (C=O) groups is 4. The molecule has 0 bridgehead atoms. The van der Waals surface area contributed by atoms with Crippen molar-refractivity contribution < 1.29 is 99.0 Å². The van der Waals surface area contributed by atoms with E-state index in [9.17, 15) is 75.3 Å². The van der Waals surface area contributed by atoms with Crippen molar-refractivity contribution >= 4 is 23.7 Å².